The summed E-state index contributed by atoms with van der Waals surface area (Å²) in [5.41, 5.74) is 0.626. The lowest BCUT2D eigenvalue weighted by atomic mass is 10.0. The molecular formula is C24H11BrCl4N2O3S2. The van der Waals surface area contributed by atoms with Crippen LogP contribution in [-0.2, 0) is 0 Å². The molecule has 0 radical (unpaired) electrons. The summed E-state index contributed by atoms with van der Waals surface area (Å²) in [4.78, 5) is 45.4. The Morgan fingerprint density at radius 2 is 1.33 bits per heavy atom. The Morgan fingerprint density at radius 1 is 0.806 bits per heavy atom. The largest absolute Gasteiger partial charge is 0.291 e. The predicted octanol–water partition coefficient (Wildman–Crippen LogP) is 8.03. The fourth-order valence-electron chi connectivity index (χ4n) is 3.26. The third-order valence-electron chi connectivity index (χ3n) is 5.02. The van der Waals surface area contributed by atoms with Crippen LogP contribution in [-0.4, -0.2) is 37.9 Å². The van der Waals surface area contributed by atoms with Gasteiger partial charge in [0.05, 0.1) is 20.1 Å². The second-order valence-electron chi connectivity index (χ2n) is 7.33. The molecule has 1 unspecified atom stereocenters. The van der Waals surface area contributed by atoms with Crippen molar-refractivity contribution in [3.05, 3.63) is 102 Å². The average Bonchev–Trinajstić information content (AvgIpc) is 3.17. The molecule has 5 nitrogen and oxygen atoms in total. The molecule has 3 aromatic carbocycles. The average molecular weight is 661 g/mol. The normalized spacial score (nSPS) is 16.5. The molecule has 1 saturated heterocycles. The summed E-state index contributed by atoms with van der Waals surface area (Å²) in [6.45, 7) is 0. The Morgan fingerprint density at radius 3 is 1.92 bits per heavy atom. The Kier molecular flexibility index (Phi) is 8.56. The molecule has 3 aromatic rings. The number of halogens is 5. The van der Waals surface area contributed by atoms with Gasteiger partial charge in [0.25, 0.3) is 11.8 Å². The quantitative estimate of drug-likeness (QED) is 0.209. The number of thioether (sulfide) groups is 1. The van der Waals surface area contributed by atoms with Gasteiger partial charge in [0.1, 0.15) is 9.36 Å². The number of nitrogens with zero attached hydrogens (tertiary/aromatic N) is 2. The molecule has 36 heavy (non-hydrogen) atoms. The van der Waals surface area contributed by atoms with E-state index < -0.39 is 23.6 Å². The first-order chi connectivity index (χ1) is 17.1. The Hall–Kier alpha value is -1.78. The first kappa shape index (κ1) is 27.3. The number of hydrogen-bond acceptors (Lipinski definition) is 5. The van der Waals surface area contributed by atoms with Crippen LogP contribution in [0.3, 0.4) is 0 Å². The highest BCUT2D eigenvalue weighted by Gasteiger charge is 2.45. The molecule has 1 fully saturated rings. The molecule has 0 N–H and O–H groups in total. The van der Waals surface area contributed by atoms with Gasteiger partial charge in [0.15, 0.2) is 11.8 Å². The zero-order chi connectivity index (χ0) is 26.1. The van der Waals surface area contributed by atoms with E-state index in [1.54, 1.807) is 24.3 Å². The van der Waals surface area contributed by atoms with Crippen molar-refractivity contribution in [2.75, 3.05) is 0 Å². The van der Waals surface area contributed by atoms with Gasteiger partial charge < -0.3 is 0 Å². The number of thiocarbonyl (C=S) groups is 1. The molecule has 1 heterocycles. The summed E-state index contributed by atoms with van der Waals surface area (Å²) >= 11 is 33.7. The second-order valence-corrected chi connectivity index (χ2v) is 11.5. The van der Waals surface area contributed by atoms with Gasteiger partial charge in [-0.3, -0.25) is 19.3 Å². The number of carbonyl (C=O) groups excluding carboxylic acids is 3. The molecule has 1 atom stereocenters. The van der Waals surface area contributed by atoms with Crippen molar-refractivity contribution in [1.82, 2.24) is 4.90 Å². The summed E-state index contributed by atoms with van der Waals surface area (Å²) in [5.74, 6) is -1.73. The van der Waals surface area contributed by atoms with Gasteiger partial charge in [-0.25, -0.2) is 4.99 Å². The van der Waals surface area contributed by atoms with Gasteiger partial charge in [-0.15, -0.1) is 0 Å². The summed E-state index contributed by atoms with van der Waals surface area (Å²) < 4.78 is 0.824. The minimum absolute atomic E-state index is 0.0531. The number of amides is 2. The summed E-state index contributed by atoms with van der Waals surface area (Å²) in [6, 6.07) is 13.9. The minimum Gasteiger partial charge on any atom is -0.291 e. The molecular weight excluding hydrogens is 650 g/mol. The zero-order valence-electron chi connectivity index (χ0n) is 17.7. The maximum atomic E-state index is 13.6. The molecule has 4 rings (SSSR count). The number of carbonyl (C=O) groups is 3. The first-order valence-corrected chi connectivity index (χ1v) is 13.5. The Bertz CT molecular complexity index is 1460. The lowest BCUT2D eigenvalue weighted by Crippen LogP contribution is -2.45. The highest BCUT2D eigenvalue weighted by atomic mass is 79.9. The predicted molar refractivity (Wildman–Crippen MR) is 153 cm³/mol. The van der Waals surface area contributed by atoms with Crippen LogP contribution in [0.4, 0.5) is 0 Å². The smallest absolute Gasteiger partial charge is 0.277 e. The molecule has 0 aliphatic carbocycles. The topological polar surface area (TPSA) is 66.8 Å². The number of hydrogen-bond donors (Lipinski definition) is 0. The van der Waals surface area contributed by atoms with Crippen molar-refractivity contribution in [3.8, 4) is 0 Å². The van der Waals surface area contributed by atoms with E-state index in [2.05, 4.69) is 20.9 Å². The van der Waals surface area contributed by atoms with Crippen LogP contribution in [0.25, 0.3) is 0 Å². The van der Waals surface area contributed by atoms with Crippen molar-refractivity contribution in [2.24, 2.45) is 4.99 Å². The number of aliphatic imine (C=N–C) groups is 1. The monoisotopic (exact) mass is 658 g/mol. The molecule has 0 aromatic heterocycles. The molecule has 0 bridgehead atoms. The van der Waals surface area contributed by atoms with E-state index in [1.807, 2.05) is 0 Å². The third-order valence-corrected chi connectivity index (χ3v) is 8.37. The fourth-order valence-corrected chi connectivity index (χ4v) is 5.48. The van der Waals surface area contributed by atoms with E-state index in [4.69, 9.17) is 58.6 Å². The van der Waals surface area contributed by atoms with Crippen molar-refractivity contribution in [2.45, 2.75) is 6.04 Å². The molecule has 1 aliphatic rings. The van der Waals surface area contributed by atoms with Gasteiger partial charge >= 0.3 is 0 Å². The van der Waals surface area contributed by atoms with Crippen molar-refractivity contribution in [3.63, 3.8) is 0 Å². The fraction of sp³-hybridized carbons (Fsp3) is 0.0417. The second kappa shape index (κ2) is 11.3. The summed E-state index contributed by atoms with van der Waals surface area (Å²) in [7, 11) is 0. The van der Waals surface area contributed by atoms with Crippen LogP contribution in [0.1, 0.15) is 31.1 Å². The lowest BCUT2D eigenvalue weighted by molar-refractivity contribution is 0.0777. The van der Waals surface area contributed by atoms with Crippen molar-refractivity contribution >= 4 is 113 Å². The number of rotatable bonds is 4. The van der Waals surface area contributed by atoms with E-state index in [1.165, 1.54) is 36.4 Å². The van der Waals surface area contributed by atoms with E-state index in [0.29, 0.717) is 5.56 Å². The van der Waals surface area contributed by atoms with Crippen LogP contribution < -0.4 is 0 Å². The lowest BCUT2D eigenvalue weighted by Gasteiger charge is -2.23. The number of Topliss-reactive ketones (excluding diaryl/α,β-unsaturated/α-hetero) is 1. The highest BCUT2D eigenvalue weighted by Crippen LogP contribution is 2.33. The van der Waals surface area contributed by atoms with E-state index >= 15 is 0 Å². The summed E-state index contributed by atoms with van der Waals surface area (Å²) in [5, 5.41) is 0.941. The molecule has 182 valence electrons. The van der Waals surface area contributed by atoms with Crippen molar-refractivity contribution in [1.29, 1.82) is 0 Å². The van der Waals surface area contributed by atoms with Crippen LogP contribution >= 0.6 is 86.3 Å². The van der Waals surface area contributed by atoms with Crippen molar-refractivity contribution < 1.29 is 14.4 Å². The van der Waals surface area contributed by atoms with Gasteiger partial charge in [-0.05, 0) is 60.3 Å². The Labute approximate surface area is 243 Å². The van der Waals surface area contributed by atoms with E-state index in [-0.39, 0.29) is 40.6 Å². The molecule has 2 amide bonds. The van der Waals surface area contributed by atoms with Gasteiger partial charge in [0.2, 0.25) is 0 Å². The SMILES string of the molecule is O=C(N=C1SC(=S)N(C(=O)c2ccc(Cl)c(Cl)c2)C1C(=O)c1ccc(Br)cc1)c1ccc(Cl)c(Cl)c1. The molecule has 0 spiro atoms. The zero-order valence-corrected chi connectivity index (χ0v) is 23.9. The number of ketones is 1. The highest BCUT2D eigenvalue weighted by molar-refractivity contribution is 9.10. The standard InChI is InChI=1S/C24H11BrCl4N2O3S2/c25-14-5-1-11(2-6-14)20(32)19-22(30-21(33)12-3-7-15(26)17(28)9-12)36-24(35)31(19)23(34)13-4-8-16(27)18(29)10-13/h1-10,19H. The molecule has 12 heteroatoms. The summed E-state index contributed by atoms with van der Waals surface area (Å²) in [6.07, 6.45) is 0. The Balaban J connectivity index is 1.78. The van der Waals surface area contributed by atoms with Gasteiger partial charge in [-0.2, -0.15) is 0 Å². The van der Waals surface area contributed by atoms with Gasteiger partial charge in [0, 0.05) is 21.2 Å². The number of benzene rings is 3. The first-order valence-electron chi connectivity index (χ1n) is 9.95. The van der Waals surface area contributed by atoms with Crippen LogP contribution in [0.2, 0.25) is 20.1 Å². The third kappa shape index (κ3) is 5.70. The van der Waals surface area contributed by atoms with Gasteiger partial charge in [-0.1, -0.05) is 86.7 Å². The van der Waals surface area contributed by atoms with Crippen LogP contribution in [0.15, 0.2) is 70.1 Å². The van der Waals surface area contributed by atoms with E-state index in [9.17, 15) is 14.4 Å². The van der Waals surface area contributed by atoms with E-state index in [0.717, 1.165) is 21.1 Å². The molecule has 1 aliphatic heterocycles. The maximum Gasteiger partial charge on any atom is 0.277 e. The van der Waals surface area contributed by atoms with Crippen LogP contribution in [0.5, 0.6) is 0 Å². The van der Waals surface area contributed by atoms with Crippen LogP contribution in [0, 0.1) is 0 Å². The maximum absolute atomic E-state index is 13.6. The minimum atomic E-state index is -1.27. The molecule has 0 saturated carbocycles.